The second-order valence-corrected chi connectivity index (χ2v) is 6.04. The summed E-state index contributed by atoms with van der Waals surface area (Å²) in [6.45, 7) is 2.52. The van der Waals surface area contributed by atoms with E-state index in [2.05, 4.69) is 15.4 Å². The zero-order valence-corrected chi connectivity index (χ0v) is 13.9. The van der Waals surface area contributed by atoms with E-state index in [9.17, 15) is 4.79 Å². The molecule has 4 rings (SSSR count). The SMILES string of the molecule is Cc1cc(NC(=O)c2cc3ccccc3[nH]2)n(Cc2ccccc2)n1. The molecule has 0 bridgehead atoms. The summed E-state index contributed by atoms with van der Waals surface area (Å²) < 4.78 is 1.81. The number of hydrogen-bond acceptors (Lipinski definition) is 2. The zero-order chi connectivity index (χ0) is 17.2. The standard InChI is InChI=1S/C20H18N4O/c1-14-11-19(24(23-14)13-15-7-3-2-4-8-15)22-20(25)18-12-16-9-5-6-10-17(16)21-18/h2-12,21H,13H2,1H3,(H,22,25). The van der Waals surface area contributed by atoms with Crippen molar-refractivity contribution in [2.45, 2.75) is 13.5 Å². The number of aromatic amines is 1. The molecule has 25 heavy (non-hydrogen) atoms. The minimum Gasteiger partial charge on any atom is -0.351 e. The van der Waals surface area contributed by atoms with Gasteiger partial charge < -0.3 is 10.3 Å². The normalized spacial score (nSPS) is 10.9. The molecule has 2 aromatic carbocycles. The Labute approximate surface area is 145 Å². The molecule has 5 heteroatoms. The molecule has 0 unspecified atom stereocenters. The predicted octanol–water partition coefficient (Wildman–Crippen LogP) is 3.97. The van der Waals surface area contributed by atoms with Gasteiger partial charge in [0.1, 0.15) is 11.5 Å². The number of carbonyl (C=O) groups is 1. The number of anilines is 1. The number of benzene rings is 2. The minimum absolute atomic E-state index is 0.176. The van der Waals surface area contributed by atoms with Crippen LogP contribution < -0.4 is 5.32 Å². The molecule has 0 spiro atoms. The van der Waals surface area contributed by atoms with Crippen molar-refractivity contribution in [3.8, 4) is 0 Å². The molecule has 0 aliphatic heterocycles. The molecule has 2 aromatic heterocycles. The summed E-state index contributed by atoms with van der Waals surface area (Å²) in [6, 6.07) is 21.6. The van der Waals surface area contributed by atoms with Gasteiger partial charge in [0.2, 0.25) is 0 Å². The number of aromatic nitrogens is 3. The molecule has 0 saturated carbocycles. The maximum absolute atomic E-state index is 12.6. The number of fused-ring (bicyclic) bond motifs is 1. The molecule has 2 heterocycles. The van der Waals surface area contributed by atoms with Gasteiger partial charge in [-0.05, 0) is 24.6 Å². The number of nitrogens with zero attached hydrogens (tertiary/aromatic N) is 2. The lowest BCUT2D eigenvalue weighted by Crippen LogP contribution is -2.16. The number of amides is 1. The van der Waals surface area contributed by atoms with E-state index < -0.39 is 0 Å². The zero-order valence-electron chi connectivity index (χ0n) is 13.9. The fourth-order valence-electron chi connectivity index (χ4n) is 2.90. The second kappa shape index (κ2) is 6.28. The fraction of sp³-hybridized carbons (Fsp3) is 0.100. The van der Waals surface area contributed by atoms with Crippen LogP contribution in [-0.2, 0) is 6.54 Å². The molecule has 0 fully saturated rings. The van der Waals surface area contributed by atoms with E-state index in [1.807, 2.05) is 78.3 Å². The van der Waals surface area contributed by atoms with E-state index in [-0.39, 0.29) is 5.91 Å². The van der Waals surface area contributed by atoms with Crippen LogP contribution in [0, 0.1) is 6.92 Å². The molecule has 4 aromatic rings. The summed E-state index contributed by atoms with van der Waals surface area (Å²) in [6.07, 6.45) is 0. The second-order valence-electron chi connectivity index (χ2n) is 6.04. The van der Waals surface area contributed by atoms with Gasteiger partial charge in [0.05, 0.1) is 12.2 Å². The van der Waals surface area contributed by atoms with E-state index in [0.717, 1.165) is 22.2 Å². The number of H-pyrrole nitrogens is 1. The third-order valence-electron chi connectivity index (χ3n) is 4.09. The van der Waals surface area contributed by atoms with Crippen LogP contribution in [0.15, 0.2) is 66.7 Å². The number of hydrogen-bond donors (Lipinski definition) is 2. The number of para-hydroxylation sites is 1. The molecule has 0 saturated heterocycles. The monoisotopic (exact) mass is 330 g/mol. The Balaban J connectivity index is 1.58. The smallest absolute Gasteiger partial charge is 0.273 e. The maximum atomic E-state index is 12.6. The van der Waals surface area contributed by atoms with Gasteiger partial charge in [-0.15, -0.1) is 0 Å². The quantitative estimate of drug-likeness (QED) is 0.594. The van der Waals surface area contributed by atoms with Gasteiger partial charge in [0, 0.05) is 17.0 Å². The van der Waals surface area contributed by atoms with E-state index in [0.29, 0.717) is 18.1 Å². The maximum Gasteiger partial charge on any atom is 0.273 e. The van der Waals surface area contributed by atoms with Gasteiger partial charge in [-0.3, -0.25) is 4.79 Å². The van der Waals surface area contributed by atoms with E-state index in [4.69, 9.17) is 0 Å². The van der Waals surface area contributed by atoms with Crippen molar-refractivity contribution >= 4 is 22.6 Å². The molecular formula is C20H18N4O. The number of nitrogens with one attached hydrogen (secondary N) is 2. The lowest BCUT2D eigenvalue weighted by Gasteiger charge is -2.08. The van der Waals surface area contributed by atoms with Gasteiger partial charge in [0.15, 0.2) is 0 Å². The topological polar surface area (TPSA) is 62.7 Å². The van der Waals surface area contributed by atoms with Crippen LogP contribution in [-0.4, -0.2) is 20.7 Å². The first kappa shape index (κ1) is 15.2. The largest absolute Gasteiger partial charge is 0.351 e. The average molecular weight is 330 g/mol. The molecule has 0 aliphatic carbocycles. The highest BCUT2D eigenvalue weighted by Crippen LogP contribution is 2.17. The highest BCUT2D eigenvalue weighted by molar-refractivity contribution is 6.05. The van der Waals surface area contributed by atoms with Gasteiger partial charge in [-0.2, -0.15) is 5.10 Å². The molecule has 0 aliphatic rings. The molecule has 2 N–H and O–H groups in total. The Kier molecular flexibility index (Phi) is 3.82. The van der Waals surface area contributed by atoms with Crippen molar-refractivity contribution in [1.29, 1.82) is 0 Å². The Morgan fingerprint density at radius 3 is 2.64 bits per heavy atom. The van der Waals surface area contributed by atoms with Crippen LogP contribution in [0.2, 0.25) is 0 Å². The fourth-order valence-corrected chi connectivity index (χ4v) is 2.90. The minimum atomic E-state index is -0.176. The van der Waals surface area contributed by atoms with Crippen molar-refractivity contribution in [3.63, 3.8) is 0 Å². The van der Waals surface area contributed by atoms with Crippen LogP contribution in [0.4, 0.5) is 5.82 Å². The van der Waals surface area contributed by atoms with Gasteiger partial charge in [-0.25, -0.2) is 4.68 Å². The Bertz CT molecular complexity index is 997. The number of rotatable bonds is 4. The summed E-state index contributed by atoms with van der Waals surface area (Å²) in [5.74, 6) is 0.510. The molecule has 5 nitrogen and oxygen atoms in total. The van der Waals surface area contributed by atoms with Crippen LogP contribution in [0.3, 0.4) is 0 Å². The van der Waals surface area contributed by atoms with Crippen molar-refractivity contribution in [3.05, 3.63) is 83.7 Å². The molecule has 124 valence electrons. The van der Waals surface area contributed by atoms with Crippen molar-refractivity contribution < 1.29 is 4.79 Å². The van der Waals surface area contributed by atoms with Crippen molar-refractivity contribution in [2.24, 2.45) is 0 Å². The molecule has 0 atom stereocenters. The van der Waals surface area contributed by atoms with Crippen LogP contribution in [0.1, 0.15) is 21.7 Å². The summed E-state index contributed by atoms with van der Waals surface area (Å²) in [5, 5.41) is 8.46. The van der Waals surface area contributed by atoms with E-state index in [1.165, 1.54) is 0 Å². The summed E-state index contributed by atoms with van der Waals surface area (Å²) >= 11 is 0. The molecule has 1 amide bonds. The highest BCUT2D eigenvalue weighted by Gasteiger charge is 2.13. The van der Waals surface area contributed by atoms with Crippen LogP contribution in [0.25, 0.3) is 10.9 Å². The van der Waals surface area contributed by atoms with Crippen molar-refractivity contribution in [2.75, 3.05) is 5.32 Å². The Hall–Kier alpha value is -3.34. The third-order valence-corrected chi connectivity index (χ3v) is 4.09. The Morgan fingerprint density at radius 2 is 1.84 bits per heavy atom. The van der Waals surface area contributed by atoms with Gasteiger partial charge in [-0.1, -0.05) is 48.5 Å². The van der Waals surface area contributed by atoms with E-state index >= 15 is 0 Å². The first-order valence-electron chi connectivity index (χ1n) is 8.16. The third kappa shape index (κ3) is 3.17. The number of aryl methyl sites for hydroxylation is 1. The first-order chi connectivity index (χ1) is 12.2. The van der Waals surface area contributed by atoms with Crippen LogP contribution in [0.5, 0.6) is 0 Å². The van der Waals surface area contributed by atoms with E-state index in [1.54, 1.807) is 0 Å². The number of carbonyl (C=O) groups excluding carboxylic acids is 1. The molecular weight excluding hydrogens is 312 g/mol. The predicted molar refractivity (Wildman–Crippen MR) is 98.8 cm³/mol. The Morgan fingerprint density at radius 1 is 1.08 bits per heavy atom. The summed E-state index contributed by atoms with van der Waals surface area (Å²) in [4.78, 5) is 15.8. The summed E-state index contributed by atoms with van der Waals surface area (Å²) in [5.41, 5.74) is 3.47. The van der Waals surface area contributed by atoms with Gasteiger partial charge in [0.25, 0.3) is 5.91 Å². The average Bonchev–Trinajstić information content (AvgIpc) is 3.19. The highest BCUT2D eigenvalue weighted by atomic mass is 16.2. The summed E-state index contributed by atoms with van der Waals surface area (Å²) in [7, 11) is 0. The molecule has 0 radical (unpaired) electrons. The van der Waals surface area contributed by atoms with Gasteiger partial charge >= 0.3 is 0 Å². The lowest BCUT2D eigenvalue weighted by molar-refractivity contribution is 0.102. The van der Waals surface area contributed by atoms with Crippen molar-refractivity contribution in [1.82, 2.24) is 14.8 Å². The lowest BCUT2D eigenvalue weighted by atomic mass is 10.2. The first-order valence-corrected chi connectivity index (χ1v) is 8.16. The van der Waals surface area contributed by atoms with Crippen LogP contribution >= 0.6 is 0 Å².